The fourth-order valence-corrected chi connectivity index (χ4v) is 3.03. The van der Waals surface area contributed by atoms with E-state index in [0.717, 1.165) is 17.2 Å². The van der Waals surface area contributed by atoms with Crippen LogP contribution in [0.25, 0.3) is 6.08 Å². The van der Waals surface area contributed by atoms with Crippen molar-refractivity contribution < 1.29 is 24.1 Å². The maximum absolute atomic E-state index is 13.0. The Morgan fingerprint density at radius 1 is 1.11 bits per heavy atom. The fraction of sp³-hybridized carbons (Fsp3) is 0.208. The number of amides is 3. The third kappa shape index (κ3) is 7.70. The zero-order chi connectivity index (χ0) is 26.1. The molecule has 0 unspecified atom stereocenters. The van der Waals surface area contributed by atoms with Crippen LogP contribution >= 0.6 is 0 Å². The van der Waals surface area contributed by atoms with Crippen LogP contribution in [0, 0.1) is 17.0 Å². The molecular weight excluding hydrogens is 454 g/mol. The van der Waals surface area contributed by atoms with Crippen molar-refractivity contribution in [2.24, 2.45) is 10.8 Å². The summed E-state index contributed by atoms with van der Waals surface area (Å²) in [5.74, 6) is -3.82. The van der Waals surface area contributed by atoms with Gasteiger partial charge in [-0.1, -0.05) is 50.3 Å². The second kappa shape index (κ2) is 12.0. The van der Waals surface area contributed by atoms with Gasteiger partial charge in [-0.2, -0.15) is 5.10 Å². The van der Waals surface area contributed by atoms with Crippen LogP contribution in [0.1, 0.15) is 42.9 Å². The minimum atomic E-state index is -1.31. The zero-order valence-electron chi connectivity index (χ0n) is 19.4. The number of nitro groups is 1. The molecule has 0 heterocycles. The lowest BCUT2D eigenvalue weighted by Gasteiger charge is -2.16. The fourth-order valence-electron chi connectivity index (χ4n) is 3.03. The Hall–Kier alpha value is -4.67. The number of hydrogen-bond donors (Lipinski definition) is 3. The smallest absolute Gasteiger partial charge is 0.329 e. The number of benzene rings is 2. The Balaban J connectivity index is 2.29. The standard InChI is InChI=1S/C24H25N5O6/c1-14(2)19-9-4-6-15(3)21(19)26-23(32)20(27-28-24(33)22(25)31)13-18(30)11-10-16-7-5-8-17(12-16)29(34)35/h4-12,14H,13H2,1-3H3,(H2,25,31)(H,26,32)(H,28,33)/b11-10+,27-20+. The number of carbonyl (C=O) groups excluding carboxylic acids is 4. The molecule has 0 atom stereocenters. The third-order valence-corrected chi connectivity index (χ3v) is 4.83. The lowest BCUT2D eigenvalue weighted by atomic mass is 9.98. The molecule has 0 aliphatic heterocycles. The van der Waals surface area contributed by atoms with Crippen LogP contribution in [0.5, 0.6) is 0 Å². The van der Waals surface area contributed by atoms with Crippen molar-refractivity contribution in [1.29, 1.82) is 0 Å². The molecule has 0 fully saturated rings. The number of ketones is 1. The number of nitro benzene ring substituents is 1. The summed E-state index contributed by atoms with van der Waals surface area (Å²) < 4.78 is 0. The number of anilines is 1. The Labute approximate surface area is 201 Å². The van der Waals surface area contributed by atoms with E-state index < -0.39 is 34.8 Å². The number of allylic oxidation sites excluding steroid dienone is 1. The molecule has 0 bridgehead atoms. The van der Waals surface area contributed by atoms with Crippen molar-refractivity contribution in [3.8, 4) is 0 Å². The van der Waals surface area contributed by atoms with Gasteiger partial charge in [0.25, 0.3) is 11.6 Å². The van der Waals surface area contributed by atoms with Gasteiger partial charge in [-0.15, -0.1) is 0 Å². The zero-order valence-corrected chi connectivity index (χ0v) is 19.4. The first-order valence-corrected chi connectivity index (χ1v) is 10.5. The van der Waals surface area contributed by atoms with E-state index in [1.807, 2.05) is 31.4 Å². The molecule has 0 spiro atoms. The molecule has 0 aliphatic carbocycles. The van der Waals surface area contributed by atoms with Gasteiger partial charge < -0.3 is 11.1 Å². The van der Waals surface area contributed by atoms with Gasteiger partial charge in [0.2, 0.25) is 0 Å². The summed E-state index contributed by atoms with van der Waals surface area (Å²) in [6.07, 6.45) is 1.95. The second-order valence-electron chi connectivity index (χ2n) is 7.84. The summed E-state index contributed by atoms with van der Waals surface area (Å²) in [6.45, 7) is 5.71. The number of primary amides is 1. The molecule has 35 heavy (non-hydrogen) atoms. The van der Waals surface area contributed by atoms with Gasteiger partial charge in [0.05, 0.1) is 11.3 Å². The number of rotatable bonds is 9. The number of hydrogen-bond acceptors (Lipinski definition) is 7. The van der Waals surface area contributed by atoms with Gasteiger partial charge in [0.15, 0.2) is 5.78 Å². The van der Waals surface area contributed by atoms with E-state index in [4.69, 9.17) is 5.73 Å². The first-order chi connectivity index (χ1) is 16.5. The number of non-ortho nitro benzene ring substituents is 1. The molecule has 0 aromatic heterocycles. The van der Waals surface area contributed by atoms with E-state index >= 15 is 0 Å². The molecule has 11 heteroatoms. The summed E-state index contributed by atoms with van der Waals surface area (Å²) in [4.78, 5) is 58.4. The Morgan fingerprint density at radius 3 is 2.43 bits per heavy atom. The van der Waals surface area contributed by atoms with Crippen LogP contribution in [0.15, 0.2) is 53.6 Å². The number of carbonyl (C=O) groups is 4. The van der Waals surface area contributed by atoms with Gasteiger partial charge in [-0.25, -0.2) is 5.43 Å². The number of aryl methyl sites for hydroxylation is 1. The van der Waals surface area contributed by atoms with Crippen molar-refractivity contribution >= 4 is 46.7 Å². The minimum absolute atomic E-state index is 0.0830. The Morgan fingerprint density at radius 2 is 1.80 bits per heavy atom. The van der Waals surface area contributed by atoms with Crippen LogP contribution < -0.4 is 16.5 Å². The molecule has 2 aromatic carbocycles. The van der Waals surface area contributed by atoms with Gasteiger partial charge >= 0.3 is 11.8 Å². The SMILES string of the molecule is Cc1cccc(C(C)C)c1NC(=O)/C(CC(=O)/C=C/c1cccc([N+](=O)[O-])c1)=N/NC(=O)C(N)=O. The topological polar surface area (TPSA) is 174 Å². The molecule has 3 amide bonds. The van der Waals surface area contributed by atoms with Gasteiger partial charge in [0.1, 0.15) is 5.71 Å². The van der Waals surface area contributed by atoms with E-state index in [0.29, 0.717) is 11.3 Å². The van der Waals surface area contributed by atoms with Crippen molar-refractivity contribution in [1.82, 2.24) is 5.43 Å². The molecule has 2 aromatic rings. The molecule has 0 radical (unpaired) electrons. The average molecular weight is 479 g/mol. The minimum Gasteiger partial charge on any atom is -0.361 e. The normalized spacial score (nSPS) is 11.4. The largest absolute Gasteiger partial charge is 0.361 e. The molecule has 0 aliphatic rings. The van der Waals surface area contributed by atoms with E-state index in [1.54, 1.807) is 19.1 Å². The second-order valence-corrected chi connectivity index (χ2v) is 7.84. The first-order valence-electron chi connectivity index (χ1n) is 10.5. The first kappa shape index (κ1) is 26.6. The number of hydrazone groups is 1. The maximum Gasteiger partial charge on any atom is 0.329 e. The number of para-hydroxylation sites is 1. The summed E-state index contributed by atoms with van der Waals surface area (Å²) in [5, 5.41) is 17.3. The average Bonchev–Trinajstić information content (AvgIpc) is 2.81. The highest BCUT2D eigenvalue weighted by Crippen LogP contribution is 2.27. The van der Waals surface area contributed by atoms with Crippen molar-refractivity contribution in [2.45, 2.75) is 33.1 Å². The molecule has 0 saturated heterocycles. The lowest BCUT2D eigenvalue weighted by molar-refractivity contribution is -0.384. The number of nitrogens with one attached hydrogen (secondary N) is 2. The summed E-state index contributed by atoms with van der Waals surface area (Å²) in [7, 11) is 0. The number of nitrogens with two attached hydrogens (primary N) is 1. The molecular formula is C24H25N5O6. The monoisotopic (exact) mass is 479 g/mol. The molecule has 0 saturated carbocycles. The van der Waals surface area contributed by atoms with E-state index in [-0.39, 0.29) is 17.3 Å². The van der Waals surface area contributed by atoms with E-state index in [9.17, 15) is 29.3 Å². The predicted molar refractivity (Wildman–Crippen MR) is 130 cm³/mol. The van der Waals surface area contributed by atoms with Crippen molar-refractivity contribution in [3.05, 3.63) is 75.3 Å². The number of nitrogens with zero attached hydrogens (tertiary/aromatic N) is 2. The quantitative estimate of drug-likeness (QED) is 0.164. The third-order valence-electron chi connectivity index (χ3n) is 4.83. The highest BCUT2D eigenvalue weighted by atomic mass is 16.6. The highest BCUT2D eigenvalue weighted by Gasteiger charge is 2.20. The van der Waals surface area contributed by atoms with Crippen molar-refractivity contribution in [3.63, 3.8) is 0 Å². The highest BCUT2D eigenvalue weighted by molar-refractivity contribution is 6.46. The van der Waals surface area contributed by atoms with Crippen LogP contribution in [0.2, 0.25) is 0 Å². The van der Waals surface area contributed by atoms with Gasteiger partial charge in [-0.3, -0.25) is 29.3 Å². The molecule has 11 nitrogen and oxygen atoms in total. The Bertz CT molecular complexity index is 1230. The predicted octanol–water partition coefficient (Wildman–Crippen LogP) is 2.60. The van der Waals surface area contributed by atoms with Gasteiger partial charge in [-0.05, 0) is 35.6 Å². The van der Waals surface area contributed by atoms with Crippen molar-refractivity contribution in [2.75, 3.05) is 5.32 Å². The van der Waals surface area contributed by atoms with Crippen LogP contribution in [-0.4, -0.2) is 34.1 Å². The van der Waals surface area contributed by atoms with Crippen LogP contribution in [-0.2, 0) is 19.2 Å². The van der Waals surface area contributed by atoms with Crippen LogP contribution in [0.3, 0.4) is 0 Å². The molecule has 2 rings (SSSR count). The maximum atomic E-state index is 13.0. The van der Waals surface area contributed by atoms with Gasteiger partial charge in [0, 0.05) is 17.8 Å². The lowest BCUT2D eigenvalue weighted by Crippen LogP contribution is -2.35. The molecule has 4 N–H and O–H groups in total. The summed E-state index contributed by atoms with van der Waals surface area (Å²) in [6, 6.07) is 11.1. The molecule has 182 valence electrons. The summed E-state index contributed by atoms with van der Waals surface area (Å²) >= 11 is 0. The Kier molecular flexibility index (Phi) is 9.10. The van der Waals surface area contributed by atoms with Crippen LogP contribution in [0.4, 0.5) is 11.4 Å². The summed E-state index contributed by atoms with van der Waals surface area (Å²) in [5.41, 5.74) is 8.83. The van der Waals surface area contributed by atoms with E-state index in [2.05, 4.69) is 10.4 Å². The van der Waals surface area contributed by atoms with E-state index in [1.165, 1.54) is 24.3 Å².